The lowest BCUT2D eigenvalue weighted by Gasteiger charge is -2.19. The van der Waals surface area contributed by atoms with Gasteiger partial charge in [0.2, 0.25) is 0 Å². The van der Waals surface area contributed by atoms with Crippen LogP contribution in [0.2, 0.25) is 0 Å². The molecule has 0 bridgehead atoms. The van der Waals surface area contributed by atoms with Crippen molar-refractivity contribution in [3.8, 4) is 17.2 Å². The summed E-state index contributed by atoms with van der Waals surface area (Å²) in [7, 11) is 0. The minimum atomic E-state index is 0.217. The maximum atomic E-state index is 5.06. The monoisotopic (exact) mass is 439 g/mol. The van der Waals surface area contributed by atoms with Gasteiger partial charge in [-0.3, -0.25) is 9.55 Å². The average Bonchev–Trinajstić information content (AvgIpc) is 3.42. The molecule has 5 heterocycles. The van der Waals surface area contributed by atoms with Crippen LogP contribution in [0.3, 0.4) is 0 Å². The number of allylic oxidation sites excluding steroid dienone is 4. The molecule has 1 aliphatic carbocycles. The van der Waals surface area contributed by atoms with Gasteiger partial charge in [-0.2, -0.15) is 0 Å². The molecule has 1 aromatic carbocycles. The fourth-order valence-corrected chi connectivity index (χ4v) is 5.12. The molecule has 1 aliphatic rings. The summed E-state index contributed by atoms with van der Waals surface area (Å²) in [6.07, 6.45) is 13.4. The third kappa shape index (κ3) is 2.77. The first-order valence-electron chi connectivity index (χ1n) is 11.5. The van der Waals surface area contributed by atoms with Crippen molar-refractivity contribution in [1.29, 1.82) is 0 Å². The molecule has 1 atom stereocenters. The van der Waals surface area contributed by atoms with Crippen LogP contribution in [0, 0.1) is 0 Å². The van der Waals surface area contributed by atoms with Gasteiger partial charge in [0, 0.05) is 28.6 Å². The van der Waals surface area contributed by atoms with Crippen LogP contribution in [0.5, 0.6) is 0 Å². The van der Waals surface area contributed by atoms with Crippen LogP contribution in [-0.2, 0) is 0 Å². The standard InChI is InChI=1S/C29H21N5/c1-2-10-20(11-3-1)33-25-16-5-4-12-21(25)27-22-13-9-19-31-28(22)34(29(27)33)26-17-8-15-24(32-26)23-14-6-7-18-30-23/h1-10,12-20H,11H2. The molecule has 0 spiro atoms. The van der Waals surface area contributed by atoms with E-state index in [9.17, 15) is 0 Å². The molecule has 5 heteroatoms. The smallest absolute Gasteiger partial charge is 0.147 e. The van der Waals surface area contributed by atoms with E-state index >= 15 is 0 Å². The Hall–Kier alpha value is -4.51. The maximum Gasteiger partial charge on any atom is 0.147 e. The van der Waals surface area contributed by atoms with Gasteiger partial charge in [-0.1, -0.05) is 54.6 Å². The Kier molecular flexibility index (Phi) is 4.21. The van der Waals surface area contributed by atoms with Crippen molar-refractivity contribution in [1.82, 2.24) is 24.1 Å². The topological polar surface area (TPSA) is 48.5 Å². The van der Waals surface area contributed by atoms with Crippen molar-refractivity contribution in [2.75, 3.05) is 0 Å². The third-order valence-electron chi connectivity index (χ3n) is 6.54. The van der Waals surface area contributed by atoms with Crippen LogP contribution in [0.1, 0.15) is 12.5 Å². The molecular weight excluding hydrogens is 418 g/mol. The largest absolute Gasteiger partial charge is 0.319 e. The minimum absolute atomic E-state index is 0.217. The van der Waals surface area contributed by atoms with Gasteiger partial charge in [-0.05, 0) is 48.9 Å². The Morgan fingerprint density at radius 2 is 1.59 bits per heavy atom. The lowest BCUT2D eigenvalue weighted by Crippen LogP contribution is -2.11. The van der Waals surface area contributed by atoms with E-state index in [0.717, 1.165) is 40.3 Å². The van der Waals surface area contributed by atoms with Crippen molar-refractivity contribution in [2.24, 2.45) is 0 Å². The van der Waals surface area contributed by atoms with Gasteiger partial charge in [0.1, 0.15) is 17.1 Å². The first-order chi connectivity index (χ1) is 16.9. The number of nitrogens with zero attached hydrogens (tertiary/aromatic N) is 5. The molecule has 1 unspecified atom stereocenters. The van der Waals surface area contributed by atoms with Crippen LogP contribution in [0.4, 0.5) is 0 Å². The van der Waals surface area contributed by atoms with Crippen LogP contribution in [0.15, 0.2) is 109 Å². The zero-order chi connectivity index (χ0) is 22.5. The van der Waals surface area contributed by atoms with E-state index in [2.05, 4.69) is 74.8 Å². The number of aromatic nitrogens is 5. The Morgan fingerprint density at radius 1 is 0.735 bits per heavy atom. The molecule has 0 fully saturated rings. The minimum Gasteiger partial charge on any atom is -0.319 e. The molecule has 0 saturated heterocycles. The van der Waals surface area contributed by atoms with Gasteiger partial charge in [-0.15, -0.1) is 0 Å². The quantitative estimate of drug-likeness (QED) is 0.310. The summed E-state index contributed by atoms with van der Waals surface area (Å²) in [5, 5.41) is 3.58. The molecule has 0 radical (unpaired) electrons. The average molecular weight is 440 g/mol. The normalized spacial score (nSPS) is 15.6. The molecule has 5 nitrogen and oxygen atoms in total. The van der Waals surface area contributed by atoms with Crippen molar-refractivity contribution in [3.63, 3.8) is 0 Å². The first kappa shape index (κ1) is 19.0. The van der Waals surface area contributed by atoms with E-state index in [-0.39, 0.29) is 6.04 Å². The number of hydrogen-bond donors (Lipinski definition) is 0. The van der Waals surface area contributed by atoms with E-state index in [4.69, 9.17) is 9.97 Å². The highest BCUT2D eigenvalue weighted by atomic mass is 15.2. The zero-order valence-corrected chi connectivity index (χ0v) is 18.4. The number of rotatable bonds is 3. The van der Waals surface area contributed by atoms with Gasteiger partial charge >= 0.3 is 0 Å². The summed E-state index contributed by atoms with van der Waals surface area (Å²) < 4.78 is 4.66. The number of benzene rings is 1. The predicted molar refractivity (Wildman–Crippen MR) is 137 cm³/mol. The molecule has 34 heavy (non-hydrogen) atoms. The number of pyridine rings is 3. The van der Waals surface area contributed by atoms with Gasteiger partial charge in [-0.25, -0.2) is 9.97 Å². The molecule has 0 saturated carbocycles. The predicted octanol–water partition coefficient (Wildman–Crippen LogP) is 6.65. The van der Waals surface area contributed by atoms with Crippen molar-refractivity contribution >= 4 is 33.0 Å². The second kappa shape index (κ2) is 7.52. The second-order valence-corrected chi connectivity index (χ2v) is 8.51. The summed E-state index contributed by atoms with van der Waals surface area (Å²) in [4.78, 5) is 14.4. The fraction of sp³-hybridized carbons (Fsp3) is 0.0690. The molecule has 5 aromatic heterocycles. The van der Waals surface area contributed by atoms with Crippen LogP contribution in [-0.4, -0.2) is 24.1 Å². The second-order valence-electron chi connectivity index (χ2n) is 8.51. The summed E-state index contributed by atoms with van der Waals surface area (Å²) in [5.41, 5.74) is 4.94. The molecule has 6 aromatic rings. The van der Waals surface area contributed by atoms with Crippen molar-refractivity contribution < 1.29 is 0 Å². The van der Waals surface area contributed by atoms with E-state index in [1.165, 1.54) is 16.3 Å². The van der Waals surface area contributed by atoms with E-state index in [0.29, 0.717) is 0 Å². The van der Waals surface area contributed by atoms with Gasteiger partial charge in [0.25, 0.3) is 0 Å². The molecule has 0 amide bonds. The summed E-state index contributed by atoms with van der Waals surface area (Å²) in [5.74, 6) is 0.834. The zero-order valence-electron chi connectivity index (χ0n) is 18.4. The van der Waals surface area contributed by atoms with Crippen molar-refractivity contribution in [2.45, 2.75) is 12.5 Å². The Morgan fingerprint density at radius 3 is 2.47 bits per heavy atom. The molecule has 162 valence electrons. The highest BCUT2D eigenvalue weighted by molar-refractivity contribution is 6.21. The Balaban J connectivity index is 1.61. The van der Waals surface area contributed by atoms with Gasteiger partial charge < -0.3 is 4.57 Å². The fourth-order valence-electron chi connectivity index (χ4n) is 5.12. The first-order valence-corrected chi connectivity index (χ1v) is 11.5. The van der Waals surface area contributed by atoms with Crippen LogP contribution < -0.4 is 0 Å². The van der Waals surface area contributed by atoms with Crippen LogP contribution in [0.25, 0.3) is 50.2 Å². The SMILES string of the molecule is C1=CCC(n2c3ccccc3c3c4cccnc4n(-c4cccc(-c5ccccn5)n4)c32)C=C1. The summed E-state index contributed by atoms with van der Waals surface area (Å²) in [6.45, 7) is 0. The highest BCUT2D eigenvalue weighted by Gasteiger charge is 2.25. The van der Waals surface area contributed by atoms with E-state index in [1.54, 1.807) is 6.20 Å². The number of fused-ring (bicyclic) bond motifs is 5. The summed E-state index contributed by atoms with van der Waals surface area (Å²) in [6, 6.07) is 25.1. The molecule has 0 N–H and O–H groups in total. The molecule has 0 aliphatic heterocycles. The van der Waals surface area contributed by atoms with Gasteiger partial charge in [0.05, 0.1) is 22.9 Å². The Labute approximate surface area is 196 Å². The Bertz CT molecular complexity index is 1740. The van der Waals surface area contributed by atoms with Crippen molar-refractivity contribution in [3.05, 3.63) is 109 Å². The van der Waals surface area contributed by atoms with Crippen LogP contribution >= 0.6 is 0 Å². The van der Waals surface area contributed by atoms with E-state index < -0.39 is 0 Å². The lowest BCUT2D eigenvalue weighted by atomic mass is 10.1. The summed E-state index contributed by atoms with van der Waals surface area (Å²) >= 11 is 0. The third-order valence-corrected chi connectivity index (χ3v) is 6.54. The number of para-hydroxylation sites is 1. The van der Waals surface area contributed by atoms with E-state index in [1.807, 2.05) is 42.6 Å². The lowest BCUT2D eigenvalue weighted by molar-refractivity contribution is 0.639. The molecular formula is C29H21N5. The van der Waals surface area contributed by atoms with Gasteiger partial charge in [0.15, 0.2) is 0 Å². The number of hydrogen-bond acceptors (Lipinski definition) is 3. The highest BCUT2D eigenvalue weighted by Crippen LogP contribution is 2.41. The maximum absolute atomic E-state index is 5.06. The molecule has 7 rings (SSSR count).